The first-order valence-corrected chi connectivity index (χ1v) is 6.50. The van der Waals surface area contributed by atoms with E-state index in [-0.39, 0.29) is 0 Å². The summed E-state index contributed by atoms with van der Waals surface area (Å²) in [5.41, 5.74) is 3.29. The van der Waals surface area contributed by atoms with E-state index in [1.165, 1.54) is 5.56 Å². The van der Waals surface area contributed by atoms with E-state index in [9.17, 15) is 0 Å². The zero-order valence-corrected chi connectivity index (χ0v) is 10.9. The van der Waals surface area contributed by atoms with Gasteiger partial charge in [-0.3, -0.25) is 0 Å². The number of aromatic amines is 1. The van der Waals surface area contributed by atoms with Crippen LogP contribution in [0.5, 0.6) is 5.75 Å². The van der Waals surface area contributed by atoms with Crippen LogP contribution in [0.2, 0.25) is 0 Å². The van der Waals surface area contributed by atoms with Crippen LogP contribution in [0.25, 0.3) is 11.0 Å². The maximum Gasteiger partial charge on any atom is 0.119 e. The van der Waals surface area contributed by atoms with Crippen molar-refractivity contribution in [2.24, 2.45) is 0 Å². The zero-order chi connectivity index (χ0) is 13.1. The van der Waals surface area contributed by atoms with Gasteiger partial charge in [-0.15, -0.1) is 0 Å². The van der Waals surface area contributed by atoms with Crippen LogP contribution in [0.4, 0.5) is 0 Å². The van der Waals surface area contributed by atoms with Crippen LogP contribution < -0.4 is 4.74 Å². The van der Waals surface area contributed by atoms with Gasteiger partial charge >= 0.3 is 0 Å². The van der Waals surface area contributed by atoms with Gasteiger partial charge in [0.1, 0.15) is 11.6 Å². The number of ether oxygens (including phenoxy) is 1. The fourth-order valence-electron chi connectivity index (χ4n) is 2.19. The van der Waals surface area contributed by atoms with Crippen molar-refractivity contribution in [2.45, 2.75) is 13.3 Å². The van der Waals surface area contributed by atoms with E-state index in [1.807, 2.05) is 43.3 Å². The molecule has 3 nitrogen and oxygen atoms in total. The van der Waals surface area contributed by atoms with Gasteiger partial charge in [-0.1, -0.05) is 24.3 Å². The summed E-state index contributed by atoms with van der Waals surface area (Å²) in [7, 11) is 0. The van der Waals surface area contributed by atoms with Crippen LogP contribution in [-0.4, -0.2) is 16.6 Å². The first-order valence-electron chi connectivity index (χ1n) is 6.50. The summed E-state index contributed by atoms with van der Waals surface area (Å²) in [6, 6.07) is 16.2. The molecule has 0 radical (unpaired) electrons. The topological polar surface area (TPSA) is 37.9 Å². The van der Waals surface area contributed by atoms with E-state index in [1.54, 1.807) is 0 Å². The summed E-state index contributed by atoms with van der Waals surface area (Å²) in [5, 5.41) is 0. The second-order valence-corrected chi connectivity index (χ2v) is 4.46. The number of benzene rings is 2. The van der Waals surface area contributed by atoms with Crippen LogP contribution in [-0.2, 0) is 6.42 Å². The van der Waals surface area contributed by atoms with Crippen LogP contribution in [0.15, 0.2) is 48.5 Å². The number of hydrogen-bond acceptors (Lipinski definition) is 2. The molecule has 0 saturated carbocycles. The Balaban J connectivity index is 1.85. The molecule has 1 N–H and O–H groups in total. The van der Waals surface area contributed by atoms with Crippen molar-refractivity contribution in [1.29, 1.82) is 0 Å². The predicted molar refractivity (Wildman–Crippen MR) is 76.5 cm³/mol. The molecule has 3 rings (SSSR count). The minimum absolute atomic E-state index is 0.689. The number of aromatic nitrogens is 2. The fraction of sp³-hybridized carbons (Fsp3) is 0.188. The van der Waals surface area contributed by atoms with Crippen LogP contribution in [0.1, 0.15) is 18.3 Å². The van der Waals surface area contributed by atoms with Gasteiger partial charge in [-0.2, -0.15) is 0 Å². The summed E-state index contributed by atoms with van der Waals surface area (Å²) in [5.74, 6) is 1.89. The molecule has 0 unspecified atom stereocenters. The molecule has 0 saturated heterocycles. The highest BCUT2D eigenvalue weighted by Crippen LogP contribution is 2.17. The number of rotatable bonds is 4. The van der Waals surface area contributed by atoms with E-state index in [4.69, 9.17) is 4.74 Å². The highest BCUT2D eigenvalue weighted by atomic mass is 16.5. The van der Waals surface area contributed by atoms with Gasteiger partial charge in [-0.05, 0) is 36.8 Å². The average molecular weight is 252 g/mol. The van der Waals surface area contributed by atoms with E-state index in [0.717, 1.165) is 29.0 Å². The molecule has 96 valence electrons. The highest BCUT2D eigenvalue weighted by molar-refractivity contribution is 5.74. The van der Waals surface area contributed by atoms with Crippen molar-refractivity contribution >= 4 is 11.0 Å². The lowest BCUT2D eigenvalue weighted by Crippen LogP contribution is -1.94. The van der Waals surface area contributed by atoms with Crippen molar-refractivity contribution in [3.63, 3.8) is 0 Å². The van der Waals surface area contributed by atoms with E-state index >= 15 is 0 Å². The smallest absolute Gasteiger partial charge is 0.119 e. The molecule has 0 spiro atoms. The lowest BCUT2D eigenvalue weighted by Gasteiger charge is -2.04. The highest BCUT2D eigenvalue weighted by Gasteiger charge is 2.04. The molecular weight excluding hydrogens is 236 g/mol. The van der Waals surface area contributed by atoms with Gasteiger partial charge in [0.05, 0.1) is 17.6 Å². The molecular formula is C16H16N2O. The quantitative estimate of drug-likeness (QED) is 0.771. The van der Waals surface area contributed by atoms with Gasteiger partial charge < -0.3 is 9.72 Å². The maximum absolute atomic E-state index is 5.51. The molecule has 1 heterocycles. The molecule has 2 aromatic carbocycles. The molecule has 1 aromatic heterocycles. The number of nitrogens with one attached hydrogen (secondary N) is 1. The van der Waals surface area contributed by atoms with Crippen molar-refractivity contribution in [2.75, 3.05) is 6.61 Å². The number of H-pyrrole nitrogens is 1. The van der Waals surface area contributed by atoms with Gasteiger partial charge in [-0.25, -0.2) is 4.98 Å². The van der Waals surface area contributed by atoms with Crippen LogP contribution in [0, 0.1) is 0 Å². The van der Waals surface area contributed by atoms with Gasteiger partial charge in [0.15, 0.2) is 0 Å². The first-order chi connectivity index (χ1) is 9.35. The molecule has 0 amide bonds. The van der Waals surface area contributed by atoms with Gasteiger partial charge in [0.2, 0.25) is 0 Å². The third-order valence-electron chi connectivity index (χ3n) is 3.02. The summed E-state index contributed by atoms with van der Waals surface area (Å²) in [6.45, 7) is 2.68. The van der Waals surface area contributed by atoms with Crippen LogP contribution in [0.3, 0.4) is 0 Å². The summed E-state index contributed by atoms with van der Waals surface area (Å²) >= 11 is 0. The maximum atomic E-state index is 5.51. The van der Waals surface area contributed by atoms with E-state index in [0.29, 0.717) is 6.61 Å². The molecule has 3 heteroatoms. The molecule has 19 heavy (non-hydrogen) atoms. The van der Waals surface area contributed by atoms with Crippen molar-refractivity contribution in [3.05, 3.63) is 59.9 Å². The Morgan fingerprint density at radius 2 is 2.00 bits per heavy atom. The second kappa shape index (κ2) is 5.14. The number of nitrogens with zero attached hydrogens (tertiary/aromatic N) is 1. The Kier molecular flexibility index (Phi) is 3.19. The molecule has 3 aromatic rings. The van der Waals surface area contributed by atoms with E-state index in [2.05, 4.69) is 22.1 Å². The zero-order valence-electron chi connectivity index (χ0n) is 10.9. The largest absolute Gasteiger partial charge is 0.494 e. The minimum Gasteiger partial charge on any atom is -0.494 e. The monoisotopic (exact) mass is 252 g/mol. The Morgan fingerprint density at radius 3 is 2.84 bits per heavy atom. The summed E-state index contributed by atoms with van der Waals surface area (Å²) in [4.78, 5) is 7.93. The lowest BCUT2D eigenvalue weighted by molar-refractivity contribution is 0.340. The SMILES string of the molecule is CCOc1cccc(Cc2nc3ccccc3[nH]2)c1. The fourth-order valence-corrected chi connectivity index (χ4v) is 2.19. The summed E-state index contributed by atoms with van der Waals surface area (Å²) < 4.78 is 5.51. The molecule has 0 aliphatic rings. The van der Waals surface area contributed by atoms with E-state index < -0.39 is 0 Å². The standard InChI is InChI=1S/C16H16N2O/c1-2-19-13-7-5-6-12(10-13)11-16-17-14-8-3-4-9-15(14)18-16/h3-10H,2,11H2,1H3,(H,17,18). The molecule has 0 bridgehead atoms. The Morgan fingerprint density at radius 1 is 1.11 bits per heavy atom. The molecule has 0 aliphatic heterocycles. The number of hydrogen-bond donors (Lipinski definition) is 1. The summed E-state index contributed by atoms with van der Waals surface area (Å²) in [6.07, 6.45) is 0.787. The number of para-hydroxylation sites is 2. The Bertz CT molecular complexity index is 655. The predicted octanol–water partition coefficient (Wildman–Crippen LogP) is 3.55. The minimum atomic E-state index is 0.689. The number of imidazole rings is 1. The van der Waals surface area contributed by atoms with Gasteiger partial charge in [0.25, 0.3) is 0 Å². The van der Waals surface area contributed by atoms with Crippen LogP contribution >= 0.6 is 0 Å². The third kappa shape index (κ3) is 2.60. The average Bonchev–Trinajstić information content (AvgIpc) is 2.81. The molecule has 0 fully saturated rings. The second-order valence-electron chi connectivity index (χ2n) is 4.46. The Hall–Kier alpha value is -2.29. The van der Waals surface area contributed by atoms with Crippen molar-refractivity contribution < 1.29 is 4.74 Å². The van der Waals surface area contributed by atoms with Crippen molar-refractivity contribution in [1.82, 2.24) is 9.97 Å². The third-order valence-corrected chi connectivity index (χ3v) is 3.02. The molecule has 0 atom stereocenters. The first kappa shape index (κ1) is 11.8. The molecule has 0 aliphatic carbocycles. The van der Waals surface area contributed by atoms with Gasteiger partial charge in [0, 0.05) is 6.42 Å². The Labute approximate surface area is 112 Å². The normalized spacial score (nSPS) is 10.8. The number of fused-ring (bicyclic) bond motifs is 1. The lowest BCUT2D eigenvalue weighted by atomic mass is 10.1. The van der Waals surface area contributed by atoms with Crippen molar-refractivity contribution in [3.8, 4) is 5.75 Å².